The average Bonchev–Trinajstić information content (AvgIpc) is 2.68. The average molecular weight is 358 g/mol. The number of benzene rings is 3. The maximum atomic E-state index is 12.9. The van der Waals surface area contributed by atoms with Gasteiger partial charge in [-0.15, -0.1) is 0 Å². The molecule has 0 atom stereocenters. The summed E-state index contributed by atoms with van der Waals surface area (Å²) in [7, 11) is 0. The van der Waals surface area contributed by atoms with E-state index in [4.69, 9.17) is 0 Å². The maximum absolute atomic E-state index is 12.9. The number of aryl methyl sites for hydroxylation is 1. The van der Waals surface area contributed by atoms with Crippen molar-refractivity contribution in [2.75, 3.05) is 5.32 Å². The lowest BCUT2D eigenvalue weighted by Crippen LogP contribution is -2.38. The zero-order chi connectivity index (χ0) is 19.1. The summed E-state index contributed by atoms with van der Waals surface area (Å²) < 4.78 is 0. The molecule has 3 aromatic rings. The lowest BCUT2D eigenvalue weighted by molar-refractivity contribution is -0.144. The lowest BCUT2D eigenvalue weighted by Gasteiger charge is -2.22. The van der Waals surface area contributed by atoms with Gasteiger partial charge in [-0.25, -0.2) is 0 Å². The van der Waals surface area contributed by atoms with Crippen LogP contribution in [0.2, 0.25) is 0 Å². The Balaban J connectivity index is 1.77. The first kappa shape index (κ1) is 18.4. The van der Waals surface area contributed by atoms with Gasteiger partial charge in [0.25, 0.3) is 0 Å². The Kier molecular flexibility index (Phi) is 6.00. The van der Waals surface area contributed by atoms with E-state index in [1.165, 1.54) is 0 Å². The van der Waals surface area contributed by atoms with Gasteiger partial charge in [-0.1, -0.05) is 72.8 Å². The molecule has 0 aliphatic heterocycles. The number of rotatable bonds is 5. The molecule has 1 N–H and O–H groups in total. The second kappa shape index (κ2) is 8.81. The van der Waals surface area contributed by atoms with Crippen molar-refractivity contribution in [1.29, 1.82) is 0 Å². The zero-order valence-electron chi connectivity index (χ0n) is 15.3. The fourth-order valence-corrected chi connectivity index (χ4v) is 2.86. The third-order valence-corrected chi connectivity index (χ3v) is 4.19. The van der Waals surface area contributed by atoms with Crippen molar-refractivity contribution >= 4 is 17.5 Å². The highest BCUT2D eigenvalue weighted by Crippen LogP contribution is 2.13. The largest absolute Gasteiger partial charge is 0.326 e. The quantitative estimate of drug-likeness (QED) is 0.696. The van der Waals surface area contributed by atoms with Crippen LogP contribution < -0.4 is 5.32 Å². The standard InChI is InChI=1S/C23H22N2O2/c1-18-9-8-14-21(15-18)24-22(26)23(27)25(16-19-10-4-2-5-11-19)17-20-12-6-3-7-13-20/h2-15H,16-17H2,1H3,(H,24,26). The van der Waals surface area contributed by atoms with Gasteiger partial charge in [-0.2, -0.15) is 0 Å². The molecule has 0 aliphatic carbocycles. The van der Waals surface area contributed by atoms with Crippen molar-refractivity contribution < 1.29 is 9.59 Å². The Hall–Kier alpha value is -3.40. The first-order chi connectivity index (χ1) is 13.1. The molecule has 4 heteroatoms. The lowest BCUT2D eigenvalue weighted by atomic mass is 10.1. The van der Waals surface area contributed by atoms with E-state index in [0.717, 1.165) is 16.7 Å². The van der Waals surface area contributed by atoms with Crippen molar-refractivity contribution in [2.45, 2.75) is 20.0 Å². The fourth-order valence-electron chi connectivity index (χ4n) is 2.86. The molecular weight excluding hydrogens is 336 g/mol. The van der Waals surface area contributed by atoms with Gasteiger partial charge in [-0.3, -0.25) is 9.59 Å². The van der Waals surface area contributed by atoms with Gasteiger partial charge < -0.3 is 10.2 Å². The third kappa shape index (κ3) is 5.28. The zero-order valence-corrected chi connectivity index (χ0v) is 15.3. The van der Waals surface area contributed by atoms with Crippen LogP contribution in [0.5, 0.6) is 0 Å². The van der Waals surface area contributed by atoms with Crippen molar-refractivity contribution in [3.8, 4) is 0 Å². The predicted octanol–water partition coefficient (Wildman–Crippen LogP) is 4.16. The normalized spacial score (nSPS) is 10.3. The van der Waals surface area contributed by atoms with E-state index >= 15 is 0 Å². The van der Waals surface area contributed by atoms with Gasteiger partial charge >= 0.3 is 11.8 Å². The summed E-state index contributed by atoms with van der Waals surface area (Å²) in [5, 5.41) is 2.70. The molecule has 0 saturated heterocycles. The molecule has 3 aromatic carbocycles. The van der Waals surface area contributed by atoms with Crippen LogP contribution in [0.4, 0.5) is 5.69 Å². The van der Waals surface area contributed by atoms with Crippen LogP contribution in [-0.4, -0.2) is 16.7 Å². The van der Waals surface area contributed by atoms with Gasteiger partial charge in [0.2, 0.25) is 0 Å². The Morgan fingerprint density at radius 1 is 0.778 bits per heavy atom. The van der Waals surface area contributed by atoms with Crippen molar-refractivity contribution in [3.05, 3.63) is 102 Å². The summed E-state index contributed by atoms with van der Waals surface area (Å²) in [6, 6.07) is 26.7. The number of hydrogen-bond acceptors (Lipinski definition) is 2. The minimum absolute atomic E-state index is 0.371. The first-order valence-corrected chi connectivity index (χ1v) is 8.86. The van der Waals surface area contributed by atoms with Crippen molar-refractivity contribution in [1.82, 2.24) is 4.90 Å². The number of nitrogens with zero attached hydrogens (tertiary/aromatic N) is 1. The van der Waals surface area contributed by atoms with Gasteiger partial charge in [0.05, 0.1) is 0 Å². The van der Waals surface area contributed by atoms with Crippen LogP contribution in [0.25, 0.3) is 0 Å². The van der Waals surface area contributed by atoms with Crippen LogP contribution >= 0.6 is 0 Å². The Bertz CT molecular complexity index is 866. The first-order valence-electron chi connectivity index (χ1n) is 8.86. The molecule has 4 nitrogen and oxygen atoms in total. The summed E-state index contributed by atoms with van der Waals surface area (Å²) in [5.41, 5.74) is 3.59. The SMILES string of the molecule is Cc1cccc(NC(=O)C(=O)N(Cc2ccccc2)Cc2ccccc2)c1. The van der Waals surface area contributed by atoms with Gasteiger partial charge in [0.1, 0.15) is 0 Å². The smallest absolute Gasteiger partial charge is 0.313 e. The maximum Gasteiger partial charge on any atom is 0.313 e. The predicted molar refractivity (Wildman–Crippen MR) is 107 cm³/mol. The molecule has 0 radical (unpaired) electrons. The van der Waals surface area contributed by atoms with E-state index in [-0.39, 0.29) is 0 Å². The van der Waals surface area contributed by atoms with Crippen LogP contribution in [0.15, 0.2) is 84.9 Å². The van der Waals surface area contributed by atoms with Gasteiger partial charge in [-0.05, 0) is 35.7 Å². The molecule has 0 saturated carbocycles. The van der Waals surface area contributed by atoms with Crippen molar-refractivity contribution in [3.63, 3.8) is 0 Å². The molecule has 0 aromatic heterocycles. The van der Waals surface area contributed by atoms with E-state index < -0.39 is 11.8 Å². The molecule has 0 aliphatic rings. The number of carbonyl (C=O) groups is 2. The fraction of sp³-hybridized carbons (Fsp3) is 0.130. The molecule has 27 heavy (non-hydrogen) atoms. The number of carbonyl (C=O) groups excluding carboxylic acids is 2. The molecule has 0 unspecified atom stereocenters. The summed E-state index contributed by atoms with van der Waals surface area (Å²) in [5.74, 6) is -1.18. The number of nitrogens with one attached hydrogen (secondary N) is 1. The molecule has 0 heterocycles. The van der Waals surface area contributed by atoms with Crippen LogP contribution in [0.1, 0.15) is 16.7 Å². The van der Waals surface area contributed by atoms with Crippen molar-refractivity contribution in [2.24, 2.45) is 0 Å². The van der Waals surface area contributed by atoms with Gasteiger partial charge in [0, 0.05) is 18.8 Å². The molecule has 0 fully saturated rings. The second-order valence-corrected chi connectivity index (χ2v) is 6.46. The number of hydrogen-bond donors (Lipinski definition) is 1. The van der Waals surface area contributed by atoms with E-state index in [0.29, 0.717) is 18.8 Å². The van der Waals surface area contributed by atoms with Gasteiger partial charge in [0.15, 0.2) is 0 Å². The molecule has 0 spiro atoms. The molecule has 136 valence electrons. The highest BCUT2D eigenvalue weighted by Gasteiger charge is 2.22. The highest BCUT2D eigenvalue weighted by atomic mass is 16.2. The number of anilines is 1. The molecule has 3 rings (SSSR count). The minimum atomic E-state index is -0.632. The van der Waals surface area contributed by atoms with E-state index in [9.17, 15) is 9.59 Å². The van der Waals surface area contributed by atoms with E-state index in [1.807, 2.05) is 85.8 Å². The van der Waals surface area contributed by atoms with Crippen LogP contribution in [-0.2, 0) is 22.7 Å². The minimum Gasteiger partial charge on any atom is -0.326 e. The summed E-state index contributed by atoms with van der Waals surface area (Å²) in [6.07, 6.45) is 0. The Labute approximate surface area is 159 Å². The molecule has 2 amide bonds. The van der Waals surface area contributed by atoms with Crippen LogP contribution in [0.3, 0.4) is 0 Å². The summed E-state index contributed by atoms with van der Waals surface area (Å²) in [6.45, 7) is 2.68. The van der Waals surface area contributed by atoms with E-state index in [2.05, 4.69) is 5.32 Å². The van der Waals surface area contributed by atoms with E-state index in [1.54, 1.807) is 11.0 Å². The highest BCUT2D eigenvalue weighted by molar-refractivity contribution is 6.39. The monoisotopic (exact) mass is 358 g/mol. The summed E-state index contributed by atoms with van der Waals surface area (Å²) >= 11 is 0. The topological polar surface area (TPSA) is 49.4 Å². The second-order valence-electron chi connectivity index (χ2n) is 6.46. The molecular formula is C23H22N2O2. The molecule has 0 bridgehead atoms. The Morgan fingerprint density at radius 3 is 1.85 bits per heavy atom. The summed E-state index contributed by atoms with van der Waals surface area (Å²) in [4.78, 5) is 27.0. The third-order valence-electron chi connectivity index (χ3n) is 4.19. The Morgan fingerprint density at radius 2 is 1.33 bits per heavy atom. The number of amides is 2. The van der Waals surface area contributed by atoms with Crippen LogP contribution in [0, 0.1) is 6.92 Å².